The number of methoxy groups -OCH3 is 1. The Morgan fingerprint density at radius 1 is 1.44 bits per heavy atom. The summed E-state index contributed by atoms with van der Waals surface area (Å²) in [7, 11) is 4.74. The van der Waals surface area contributed by atoms with Crippen molar-refractivity contribution in [2.75, 3.05) is 27.8 Å². The van der Waals surface area contributed by atoms with Crippen molar-refractivity contribution in [1.29, 1.82) is 0 Å². The van der Waals surface area contributed by atoms with Crippen LogP contribution >= 0.6 is 0 Å². The van der Waals surface area contributed by atoms with Crippen LogP contribution in [0.2, 0.25) is 0 Å². The number of hydrogen-bond acceptors (Lipinski definition) is 5. The van der Waals surface area contributed by atoms with Gasteiger partial charge in [-0.05, 0) is 12.8 Å². The van der Waals surface area contributed by atoms with Crippen LogP contribution in [0.25, 0.3) is 0 Å². The van der Waals surface area contributed by atoms with Gasteiger partial charge in [0.2, 0.25) is 0 Å². The van der Waals surface area contributed by atoms with Crippen LogP contribution in [0.1, 0.15) is 12.8 Å². The van der Waals surface area contributed by atoms with Crippen LogP contribution in [0.4, 0.5) is 0 Å². The van der Waals surface area contributed by atoms with E-state index in [1.807, 2.05) is 0 Å². The van der Waals surface area contributed by atoms with E-state index < -0.39 is 12.1 Å². The first-order valence-electron chi connectivity index (χ1n) is 5.18. The molecule has 1 heterocycles. The fourth-order valence-corrected chi connectivity index (χ4v) is 1.54. The Morgan fingerprint density at radius 3 is 2.56 bits per heavy atom. The normalized spacial score (nSPS) is 20.7. The number of nitrogens with zero attached hydrogens (tertiary/aromatic N) is 1. The predicted molar refractivity (Wildman–Crippen MR) is 57.8 cm³/mol. The van der Waals surface area contributed by atoms with E-state index in [4.69, 9.17) is 4.74 Å². The van der Waals surface area contributed by atoms with Crippen LogP contribution in [-0.2, 0) is 19.1 Å². The lowest BCUT2D eigenvalue weighted by Crippen LogP contribution is -2.27. The molecule has 5 nitrogen and oxygen atoms in total. The van der Waals surface area contributed by atoms with E-state index in [0.717, 1.165) is 6.42 Å². The van der Waals surface area contributed by atoms with E-state index >= 15 is 0 Å². The number of ether oxygens (including phenoxy) is 2. The van der Waals surface area contributed by atoms with Crippen molar-refractivity contribution >= 4 is 11.8 Å². The third-order valence-corrected chi connectivity index (χ3v) is 2.28. The molecule has 1 aliphatic rings. The van der Waals surface area contributed by atoms with E-state index in [1.165, 1.54) is 13.3 Å². The highest BCUT2D eigenvalue weighted by molar-refractivity contribution is 6.18. The third-order valence-electron chi connectivity index (χ3n) is 2.28. The summed E-state index contributed by atoms with van der Waals surface area (Å²) in [4.78, 5) is 25.1. The van der Waals surface area contributed by atoms with Crippen LogP contribution in [0, 0.1) is 0 Å². The van der Waals surface area contributed by atoms with Crippen LogP contribution in [0.5, 0.6) is 0 Å². The third kappa shape index (κ3) is 3.06. The van der Waals surface area contributed by atoms with Crippen molar-refractivity contribution in [2.45, 2.75) is 18.9 Å². The quantitative estimate of drug-likeness (QED) is 0.300. The summed E-state index contributed by atoms with van der Waals surface area (Å²) in [5.41, 5.74) is 0.0411. The van der Waals surface area contributed by atoms with E-state index in [2.05, 4.69) is 4.74 Å². The van der Waals surface area contributed by atoms with Gasteiger partial charge in [0.15, 0.2) is 5.78 Å². The van der Waals surface area contributed by atoms with Crippen LogP contribution in [0.3, 0.4) is 0 Å². The Kier molecular flexibility index (Phi) is 4.49. The van der Waals surface area contributed by atoms with E-state index in [-0.39, 0.29) is 11.4 Å². The van der Waals surface area contributed by atoms with Gasteiger partial charge in [-0.3, -0.25) is 4.79 Å². The lowest BCUT2D eigenvalue weighted by Gasteiger charge is -2.12. The Morgan fingerprint density at radius 2 is 2.12 bits per heavy atom. The summed E-state index contributed by atoms with van der Waals surface area (Å²) in [5, 5.41) is 0. The molecule has 1 unspecified atom stereocenters. The SMILES string of the molecule is COC(=O)/C(=C\N(C)C)C(=O)C1CCCO1. The molecule has 0 N–H and O–H groups in total. The molecule has 16 heavy (non-hydrogen) atoms. The van der Waals surface area contributed by atoms with Gasteiger partial charge in [0, 0.05) is 26.9 Å². The first-order chi connectivity index (χ1) is 7.56. The maximum atomic E-state index is 12.0. The first kappa shape index (κ1) is 12.7. The lowest BCUT2D eigenvalue weighted by molar-refractivity contribution is -0.139. The number of hydrogen-bond donors (Lipinski definition) is 0. The number of carbonyl (C=O) groups is 2. The van der Waals surface area contributed by atoms with Crippen molar-refractivity contribution in [3.8, 4) is 0 Å². The van der Waals surface area contributed by atoms with Crippen LogP contribution < -0.4 is 0 Å². The molecule has 0 saturated carbocycles. The lowest BCUT2D eigenvalue weighted by atomic mass is 10.1. The minimum atomic E-state index is -0.616. The van der Waals surface area contributed by atoms with Gasteiger partial charge in [-0.15, -0.1) is 0 Å². The molecule has 0 aromatic heterocycles. The van der Waals surface area contributed by atoms with Crippen LogP contribution in [0.15, 0.2) is 11.8 Å². The average Bonchev–Trinajstić information content (AvgIpc) is 2.77. The number of ketones is 1. The zero-order valence-corrected chi connectivity index (χ0v) is 9.86. The molecule has 1 atom stereocenters. The van der Waals surface area contributed by atoms with E-state index in [0.29, 0.717) is 13.0 Å². The molecule has 0 aromatic rings. The second-order valence-electron chi connectivity index (χ2n) is 3.86. The molecule has 0 spiro atoms. The molecule has 0 aromatic carbocycles. The van der Waals surface area contributed by atoms with Gasteiger partial charge >= 0.3 is 5.97 Å². The molecule has 0 aliphatic carbocycles. The molecule has 1 fully saturated rings. The van der Waals surface area contributed by atoms with Crippen molar-refractivity contribution in [3.05, 3.63) is 11.8 Å². The van der Waals surface area contributed by atoms with Crippen molar-refractivity contribution < 1.29 is 19.1 Å². The predicted octanol–water partition coefficient (Wildman–Crippen LogP) is 0.353. The number of rotatable bonds is 4. The zero-order valence-electron chi connectivity index (χ0n) is 9.86. The van der Waals surface area contributed by atoms with Gasteiger partial charge in [-0.2, -0.15) is 0 Å². The Hall–Kier alpha value is -1.36. The Bertz CT molecular complexity index is 303. The fourth-order valence-electron chi connectivity index (χ4n) is 1.54. The largest absolute Gasteiger partial charge is 0.465 e. The summed E-state index contributed by atoms with van der Waals surface area (Å²) >= 11 is 0. The topological polar surface area (TPSA) is 55.8 Å². The minimum Gasteiger partial charge on any atom is -0.465 e. The molecule has 0 amide bonds. The van der Waals surface area contributed by atoms with Gasteiger partial charge < -0.3 is 14.4 Å². The molecule has 0 radical (unpaired) electrons. The summed E-state index contributed by atoms with van der Waals surface area (Å²) < 4.78 is 9.84. The van der Waals surface area contributed by atoms with Gasteiger partial charge in [-0.25, -0.2) is 4.79 Å². The van der Waals surface area contributed by atoms with Gasteiger partial charge in [0.05, 0.1) is 7.11 Å². The highest BCUT2D eigenvalue weighted by Crippen LogP contribution is 2.17. The minimum absolute atomic E-state index is 0.0411. The zero-order chi connectivity index (χ0) is 12.1. The summed E-state index contributed by atoms with van der Waals surface area (Å²) in [6.07, 6.45) is 2.49. The van der Waals surface area contributed by atoms with Crippen molar-refractivity contribution in [3.63, 3.8) is 0 Å². The number of esters is 1. The molecular weight excluding hydrogens is 210 g/mol. The smallest absolute Gasteiger partial charge is 0.343 e. The molecule has 1 rings (SSSR count). The highest BCUT2D eigenvalue weighted by atomic mass is 16.5. The first-order valence-corrected chi connectivity index (χ1v) is 5.18. The van der Waals surface area contributed by atoms with Gasteiger partial charge in [0.25, 0.3) is 0 Å². The van der Waals surface area contributed by atoms with E-state index in [1.54, 1.807) is 19.0 Å². The number of Topliss-reactive ketones (excluding diaryl/α,β-unsaturated/α-hetero) is 1. The summed E-state index contributed by atoms with van der Waals surface area (Å²) in [6.45, 7) is 0.576. The van der Waals surface area contributed by atoms with Crippen LogP contribution in [-0.4, -0.2) is 50.6 Å². The maximum absolute atomic E-state index is 12.0. The Labute approximate surface area is 95.0 Å². The molecule has 1 aliphatic heterocycles. The molecule has 90 valence electrons. The van der Waals surface area contributed by atoms with Gasteiger partial charge in [-0.1, -0.05) is 0 Å². The number of carbonyl (C=O) groups excluding carboxylic acids is 2. The van der Waals surface area contributed by atoms with Crippen molar-refractivity contribution in [2.24, 2.45) is 0 Å². The van der Waals surface area contributed by atoms with Gasteiger partial charge in [0.1, 0.15) is 11.7 Å². The second-order valence-corrected chi connectivity index (χ2v) is 3.86. The standard InChI is InChI=1S/C11H17NO4/c1-12(2)7-8(11(14)15-3)10(13)9-5-4-6-16-9/h7,9H,4-6H2,1-3H3/b8-7-. The summed E-state index contributed by atoms with van der Waals surface area (Å²) in [5.74, 6) is -0.910. The maximum Gasteiger partial charge on any atom is 0.343 e. The Balaban J connectivity index is 2.83. The molecule has 0 bridgehead atoms. The highest BCUT2D eigenvalue weighted by Gasteiger charge is 2.30. The molecule has 1 saturated heterocycles. The van der Waals surface area contributed by atoms with Crippen molar-refractivity contribution in [1.82, 2.24) is 4.90 Å². The monoisotopic (exact) mass is 227 g/mol. The fraction of sp³-hybridized carbons (Fsp3) is 0.636. The molecular formula is C11H17NO4. The molecule has 5 heteroatoms. The van der Waals surface area contributed by atoms with E-state index in [9.17, 15) is 9.59 Å². The second kappa shape index (κ2) is 5.65. The average molecular weight is 227 g/mol. The summed E-state index contributed by atoms with van der Waals surface area (Å²) in [6, 6.07) is 0.